The number of pyridine rings is 1. The molecular formula is C22H24F2N4O4S. The van der Waals surface area contributed by atoms with Crippen molar-refractivity contribution in [3.05, 3.63) is 53.3 Å². The number of nitrogens with zero attached hydrogens (tertiary/aromatic N) is 1. The normalized spacial score (nSPS) is 23.0. The molecule has 8 nitrogen and oxygen atoms in total. The molecule has 1 atom stereocenters. The minimum Gasteiger partial charge on any atom is -0.433 e. The van der Waals surface area contributed by atoms with Crippen molar-refractivity contribution in [1.29, 1.82) is 5.41 Å². The maximum Gasteiger partial charge on any atom is 0.387 e. The van der Waals surface area contributed by atoms with Crippen LogP contribution in [0.4, 0.5) is 14.5 Å². The van der Waals surface area contributed by atoms with Crippen molar-refractivity contribution < 1.29 is 26.7 Å². The summed E-state index contributed by atoms with van der Waals surface area (Å²) in [6.07, 6.45) is 3.11. The summed E-state index contributed by atoms with van der Waals surface area (Å²) in [5.74, 6) is -0.910. The summed E-state index contributed by atoms with van der Waals surface area (Å²) in [4.78, 5) is 16.5. The van der Waals surface area contributed by atoms with Gasteiger partial charge in [0.15, 0.2) is 9.84 Å². The molecule has 1 aromatic carbocycles. The van der Waals surface area contributed by atoms with Gasteiger partial charge in [-0.25, -0.2) is 13.4 Å². The number of sulfone groups is 1. The number of hydrogen-bond donors (Lipinski definition) is 3. The zero-order chi connectivity index (χ0) is 24.0. The number of rotatable bonds is 4. The SMILES string of the molecule is CC1(C)C(=N)N[C@@]2(CCCc3ccc(NC(=O)c4ccc(OC(F)F)cn4)cc32)CS1(=O)=O. The molecule has 1 aromatic heterocycles. The molecule has 1 fully saturated rings. The number of amidine groups is 1. The predicted octanol–water partition coefficient (Wildman–Crippen LogP) is 3.24. The number of carbonyl (C=O) groups is 1. The van der Waals surface area contributed by atoms with Crippen LogP contribution in [0.1, 0.15) is 48.3 Å². The standard InChI is InChI=1S/C22H24F2N4O4S/c1-21(2)19(25)28-22(12-33(21,30)31)9-3-4-13-5-6-14(10-16(13)22)27-18(29)17-8-7-15(11-26-17)32-20(23)24/h5-8,10-11,20H,3-4,9,12H2,1-2H3,(H2,25,28)(H,27,29)/t22-/m0/s1. The van der Waals surface area contributed by atoms with Crippen molar-refractivity contribution in [2.45, 2.75) is 50.0 Å². The van der Waals surface area contributed by atoms with Crippen molar-refractivity contribution in [3.8, 4) is 5.75 Å². The first-order valence-electron chi connectivity index (χ1n) is 10.4. The second-order valence-electron chi connectivity index (χ2n) is 8.79. The van der Waals surface area contributed by atoms with Gasteiger partial charge in [0.05, 0.1) is 17.5 Å². The maximum atomic E-state index is 13.0. The van der Waals surface area contributed by atoms with E-state index in [1.165, 1.54) is 26.0 Å². The van der Waals surface area contributed by atoms with E-state index in [-0.39, 0.29) is 23.0 Å². The molecule has 2 aromatic rings. The van der Waals surface area contributed by atoms with Crippen LogP contribution >= 0.6 is 0 Å². The van der Waals surface area contributed by atoms with Crippen LogP contribution in [-0.2, 0) is 21.8 Å². The average molecular weight is 479 g/mol. The number of halogens is 2. The Labute approximate surface area is 190 Å². The number of aryl methyl sites for hydroxylation is 1. The lowest BCUT2D eigenvalue weighted by Gasteiger charge is -2.47. The molecule has 2 heterocycles. The molecule has 4 rings (SSSR count). The third-order valence-electron chi connectivity index (χ3n) is 6.31. The van der Waals surface area contributed by atoms with Gasteiger partial charge in [0.2, 0.25) is 0 Å². The van der Waals surface area contributed by atoms with E-state index in [9.17, 15) is 22.0 Å². The quantitative estimate of drug-likeness (QED) is 0.620. The van der Waals surface area contributed by atoms with Gasteiger partial charge in [-0.05, 0) is 68.5 Å². The summed E-state index contributed by atoms with van der Waals surface area (Å²) < 4.78 is 53.6. The Kier molecular flexibility index (Phi) is 5.63. The molecule has 3 N–H and O–H groups in total. The highest BCUT2D eigenvalue weighted by Crippen LogP contribution is 2.42. The Morgan fingerprint density at radius 1 is 1.27 bits per heavy atom. The van der Waals surface area contributed by atoms with Crippen LogP contribution in [0.3, 0.4) is 0 Å². The molecule has 33 heavy (non-hydrogen) atoms. The van der Waals surface area contributed by atoms with Gasteiger partial charge in [-0.2, -0.15) is 8.78 Å². The van der Waals surface area contributed by atoms with Crippen molar-refractivity contribution in [2.75, 3.05) is 11.1 Å². The first kappa shape index (κ1) is 23.1. The minimum absolute atomic E-state index is 0.00551. The third-order valence-corrected chi connectivity index (χ3v) is 8.94. The molecule has 1 saturated heterocycles. The maximum absolute atomic E-state index is 13.0. The third kappa shape index (κ3) is 4.17. The molecule has 0 bridgehead atoms. The van der Waals surface area contributed by atoms with E-state index >= 15 is 0 Å². The topological polar surface area (TPSA) is 121 Å². The highest BCUT2D eigenvalue weighted by atomic mass is 32.2. The molecule has 0 unspecified atom stereocenters. The van der Waals surface area contributed by atoms with E-state index in [0.29, 0.717) is 12.1 Å². The van der Waals surface area contributed by atoms with E-state index in [1.807, 2.05) is 6.07 Å². The van der Waals surface area contributed by atoms with Crippen LogP contribution in [0.25, 0.3) is 0 Å². The fraction of sp³-hybridized carbons (Fsp3) is 0.409. The monoisotopic (exact) mass is 478 g/mol. The number of carbonyl (C=O) groups excluding carboxylic acids is 1. The van der Waals surface area contributed by atoms with Crippen molar-refractivity contribution >= 4 is 27.3 Å². The Morgan fingerprint density at radius 2 is 2.03 bits per heavy atom. The smallest absolute Gasteiger partial charge is 0.387 e. The van der Waals surface area contributed by atoms with Crippen LogP contribution in [-0.4, -0.2) is 42.3 Å². The number of hydrogen-bond acceptors (Lipinski definition) is 6. The van der Waals surface area contributed by atoms with Gasteiger partial charge in [-0.1, -0.05) is 6.07 Å². The lowest BCUT2D eigenvalue weighted by molar-refractivity contribution is -0.0500. The number of benzene rings is 1. The molecule has 1 aliphatic heterocycles. The average Bonchev–Trinajstić information content (AvgIpc) is 2.73. The van der Waals surface area contributed by atoms with Gasteiger partial charge >= 0.3 is 6.61 Å². The number of nitrogens with one attached hydrogen (secondary N) is 3. The van der Waals surface area contributed by atoms with Gasteiger partial charge in [0.25, 0.3) is 5.91 Å². The number of alkyl halides is 2. The lowest BCUT2D eigenvalue weighted by atomic mass is 9.76. The summed E-state index contributed by atoms with van der Waals surface area (Å²) >= 11 is 0. The fourth-order valence-corrected chi connectivity index (χ4v) is 6.02. The summed E-state index contributed by atoms with van der Waals surface area (Å²) in [6, 6.07) is 7.79. The summed E-state index contributed by atoms with van der Waals surface area (Å²) in [5, 5.41) is 14.3. The first-order valence-corrected chi connectivity index (χ1v) is 12.0. The van der Waals surface area contributed by atoms with E-state index in [4.69, 9.17) is 5.41 Å². The summed E-state index contributed by atoms with van der Waals surface area (Å²) in [6.45, 7) is 0.0593. The molecular weight excluding hydrogens is 454 g/mol. The van der Waals surface area contributed by atoms with Gasteiger partial charge in [0.1, 0.15) is 22.0 Å². The van der Waals surface area contributed by atoms with Crippen LogP contribution in [0.2, 0.25) is 0 Å². The number of aromatic nitrogens is 1. The van der Waals surface area contributed by atoms with E-state index in [0.717, 1.165) is 30.2 Å². The molecule has 1 aliphatic carbocycles. The second-order valence-corrected chi connectivity index (χ2v) is 11.3. The van der Waals surface area contributed by atoms with E-state index < -0.39 is 32.6 Å². The molecule has 11 heteroatoms. The first-order chi connectivity index (χ1) is 15.4. The summed E-state index contributed by atoms with van der Waals surface area (Å²) in [7, 11) is -3.60. The molecule has 0 saturated carbocycles. The van der Waals surface area contributed by atoms with Gasteiger partial charge in [-0.3, -0.25) is 10.2 Å². The van der Waals surface area contributed by atoms with Crippen molar-refractivity contribution in [3.63, 3.8) is 0 Å². The number of amides is 1. The van der Waals surface area contributed by atoms with Crippen molar-refractivity contribution in [1.82, 2.24) is 10.3 Å². The van der Waals surface area contributed by atoms with Crippen LogP contribution in [0, 0.1) is 5.41 Å². The van der Waals surface area contributed by atoms with Gasteiger partial charge in [-0.15, -0.1) is 0 Å². The Hall–Kier alpha value is -3.08. The zero-order valence-electron chi connectivity index (χ0n) is 18.1. The second kappa shape index (κ2) is 8.05. The van der Waals surface area contributed by atoms with Crippen molar-refractivity contribution in [2.24, 2.45) is 0 Å². The Balaban J connectivity index is 1.61. The van der Waals surface area contributed by atoms with Gasteiger partial charge < -0.3 is 15.4 Å². The van der Waals surface area contributed by atoms with Crippen LogP contribution < -0.4 is 15.4 Å². The Bertz CT molecular complexity index is 1220. The molecule has 1 amide bonds. The number of fused-ring (bicyclic) bond motifs is 2. The van der Waals surface area contributed by atoms with Crippen LogP contribution in [0.15, 0.2) is 36.5 Å². The molecule has 176 valence electrons. The van der Waals surface area contributed by atoms with Crippen LogP contribution in [0.5, 0.6) is 5.75 Å². The number of anilines is 1. The molecule has 1 spiro atoms. The largest absolute Gasteiger partial charge is 0.433 e. The lowest BCUT2D eigenvalue weighted by Crippen LogP contribution is -2.65. The number of ether oxygens (including phenoxy) is 1. The highest BCUT2D eigenvalue weighted by Gasteiger charge is 2.53. The Morgan fingerprint density at radius 3 is 2.67 bits per heavy atom. The fourth-order valence-electron chi connectivity index (χ4n) is 4.28. The predicted molar refractivity (Wildman–Crippen MR) is 119 cm³/mol. The van der Waals surface area contributed by atoms with E-state index in [2.05, 4.69) is 20.4 Å². The highest BCUT2D eigenvalue weighted by molar-refractivity contribution is 7.93. The summed E-state index contributed by atoms with van der Waals surface area (Å²) in [5.41, 5.74) is 1.20. The molecule has 0 radical (unpaired) electrons. The minimum atomic E-state index is -3.60. The van der Waals surface area contributed by atoms with Gasteiger partial charge in [0, 0.05) is 5.69 Å². The van der Waals surface area contributed by atoms with E-state index in [1.54, 1.807) is 12.1 Å². The molecule has 2 aliphatic rings. The zero-order valence-corrected chi connectivity index (χ0v) is 18.9.